The van der Waals surface area contributed by atoms with Crippen molar-refractivity contribution < 1.29 is 14.3 Å². The Morgan fingerprint density at radius 1 is 1.03 bits per heavy atom. The molecule has 4 rings (SSSR count). The lowest BCUT2D eigenvalue weighted by atomic mass is 10.1. The molecule has 0 aliphatic carbocycles. The number of carbonyl (C=O) groups is 1. The van der Waals surface area contributed by atoms with E-state index < -0.39 is 0 Å². The summed E-state index contributed by atoms with van der Waals surface area (Å²) in [5.41, 5.74) is 5.32. The smallest absolute Gasteiger partial charge is 0.230 e. The molecule has 0 saturated carbocycles. The first kappa shape index (κ1) is 23.9. The van der Waals surface area contributed by atoms with Crippen molar-refractivity contribution in [1.29, 1.82) is 0 Å². The van der Waals surface area contributed by atoms with Gasteiger partial charge in [-0.05, 0) is 60.9 Å². The van der Waals surface area contributed by atoms with Crippen LogP contribution in [0.25, 0.3) is 10.2 Å². The van der Waals surface area contributed by atoms with Crippen LogP contribution in [0.2, 0.25) is 0 Å². The van der Waals surface area contributed by atoms with Gasteiger partial charge in [-0.15, -0.1) is 11.3 Å². The Morgan fingerprint density at radius 2 is 1.85 bits per heavy atom. The summed E-state index contributed by atoms with van der Waals surface area (Å²) >= 11 is 3.06. The minimum absolute atomic E-state index is 0.00774. The van der Waals surface area contributed by atoms with Crippen LogP contribution in [0.3, 0.4) is 0 Å². The summed E-state index contributed by atoms with van der Waals surface area (Å²) in [6.45, 7) is 2.64. The monoisotopic (exact) mass is 493 g/mol. The minimum Gasteiger partial charge on any atom is -0.493 e. The van der Waals surface area contributed by atoms with Crippen LogP contribution in [0.1, 0.15) is 11.1 Å². The number of thiazole rings is 1. The van der Waals surface area contributed by atoms with Crippen LogP contribution in [0.15, 0.2) is 65.0 Å². The number of carbonyl (C=O) groups excluding carboxylic acids is 1. The number of hydrogen-bond donors (Lipinski definition) is 2. The summed E-state index contributed by atoms with van der Waals surface area (Å²) in [4.78, 5) is 17.0. The Hall–Kier alpha value is -3.23. The molecule has 34 heavy (non-hydrogen) atoms. The minimum atomic E-state index is -0.00774. The molecule has 0 spiro atoms. The summed E-state index contributed by atoms with van der Waals surface area (Å²) in [6, 6.07) is 20.1. The highest BCUT2D eigenvalue weighted by atomic mass is 32.2. The molecule has 0 radical (unpaired) electrons. The van der Waals surface area contributed by atoms with Crippen molar-refractivity contribution in [1.82, 2.24) is 10.3 Å². The maximum absolute atomic E-state index is 12.3. The molecule has 0 aliphatic rings. The van der Waals surface area contributed by atoms with Crippen LogP contribution in [0, 0.1) is 6.92 Å². The maximum atomic E-state index is 12.3. The molecule has 6 nitrogen and oxygen atoms in total. The highest BCUT2D eigenvalue weighted by Gasteiger charge is 2.10. The number of anilines is 2. The maximum Gasteiger partial charge on any atom is 0.230 e. The summed E-state index contributed by atoms with van der Waals surface area (Å²) in [5.74, 6) is 1.71. The zero-order valence-corrected chi connectivity index (χ0v) is 21.0. The zero-order valence-electron chi connectivity index (χ0n) is 19.4. The van der Waals surface area contributed by atoms with Crippen molar-refractivity contribution in [2.24, 2.45) is 0 Å². The second-order valence-corrected chi connectivity index (χ2v) is 9.93. The number of rotatable bonds is 10. The van der Waals surface area contributed by atoms with E-state index in [1.165, 1.54) is 17.3 Å². The molecular weight excluding hydrogens is 466 g/mol. The molecule has 0 unspecified atom stereocenters. The quantitative estimate of drug-likeness (QED) is 0.271. The molecule has 3 aromatic carbocycles. The molecule has 176 valence electrons. The Bertz CT molecular complexity index is 1290. The number of aromatic nitrogens is 1. The largest absolute Gasteiger partial charge is 0.493 e. The third kappa shape index (κ3) is 6.01. The molecular formula is C26H27N3O3S2. The molecule has 4 aromatic rings. The number of fused-ring (bicyclic) bond motifs is 1. The Balaban J connectivity index is 1.28. The molecule has 2 N–H and O–H groups in total. The lowest BCUT2D eigenvalue weighted by molar-refractivity contribution is -0.118. The number of thioether (sulfide) groups is 1. The van der Waals surface area contributed by atoms with E-state index in [9.17, 15) is 4.79 Å². The van der Waals surface area contributed by atoms with Gasteiger partial charge >= 0.3 is 0 Å². The number of methoxy groups -OCH3 is 2. The van der Waals surface area contributed by atoms with E-state index >= 15 is 0 Å². The summed E-state index contributed by atoms with van der Waals surface area (Å²) < 4.78 is 12.6. The van der Waals surface area contributed by atoms with E-state index in [1.807, 2.05) is 42.5 Å². The fourth-order valence-corrected chi connectivity index (χ4v) is 5.41. The van der Waals surface area contributed by atoms with Gasteiger partial charge in [0, 0.05) is 17.9 Å². The van der Waals surface area contributed by atoms with E-state index in [4.69, 9.17) is 9.47 Å². The summed E-state index contributed by atoms with van der Waals surface area (Å²) in [5, 5.41) is 6.45. The fraction of sp³-hybridized carbons (Fsp3) is 0.231. The average Bonchev–Trinajstić information content (AvgIpc) is 3.26. The normalized spacial score (nSPS) is 10.8. The van der Waals surface area contributed by atoms with Crippen LogP contribution in [0.5, 0.6) is 11.5 Å². The van der Waals surface area contributed by atoms with Gasteiger partial charge in [0.25, 0.3) is 0 Å². The number of para-hydroxylation sites is 1. The van der Waals surface area contributed by atoms with E-state index in [1.54, 1.807) is 25.6 Å². The van der Waals surface area contributed by atoms with Gasteiger partial charge in [0.15, 0.2) is 15.8 Å². The van der Waals surface area contributed by atoms with Gasteiger partial charge < -0.3 is 20.1 Å². The van der Waals surface area contributed by atoms with Crippen molar-refractivity contribution in [2.45, 2.75) is 17.7 Å². The highest BCUT2D eigenvalue weighted by Crippen LogP contribution is 2.32. The van der Waals surface area contributed by atoms with Gasteiger partial charge in [0.05, 0.1) is 30.2 Å². The van der Waals surface area contributed by atoms with Crippen LogP contribution < -0.4 is 20.1 Å². The molecule has 0 aliphatic heterocycles. The standard InChI is InChI=1S/C26H27N3O3S2/c1-17-6-4-5-7-20(17)28-19-9-10-21-24(15-19)34-26(29-21)33-16-25(30)27-13-12-18-8-11-22(31-2)23(14-18)32-3/h4-11,14-15,28H,12-13,16H2,1-3H3,(H,27,30). The molecule has 0 bridgehead atoms. The number of ether oxygens (including phenoxy) is 2. The lowest BCUT2D eigenvalue weighted by Gasteiger charge is -2.10. The van der Waals surface area contributed by atoms with Crippen LogP contribution >= 0.6 is 23.1 Å². The van der Waals surface area contributed by atoms with Crippen molar-refractivity contribution in [3.63, 3.8) is 0 Å². The van der Waals surface area contributed by atoms with E-state index in [-0.39, 0.29) is 5.91 Å². The average molecular weight is 494 g/mol. The summed E-state index contributed by atoms with van der Waals surface area (Å²) in [6.07, 6.45) is 0.717. The Morgan fingerprint density at radius 3 is 2.65 bits per heavy atom. The number of benzene rings is 3. The van der Waals surface area contributed by atoms with E-state index in [0.29, 0.717) is 30.2 Å². The predicted molar refractivity (Wildman–Crippen MR) is 141 cm³/mol. The Kier molecular flexibility index (Phi) is 7.92. The van der Waals surface area contributed by atoms with Crippen molar-refractivity contribution in [2.75, 3.05) is 31.8 Å². The molecule has 0 atom stereocenters. The number of nitrogens with zero attached hydrogens (tertiary/aromatic N) is 1. The number of aryl methyl sites for hydroxylation is 1. The van der Waals surface area contributed by atoms with Crippen LogP contribution in [0.4, 0.5) is 11.4 Å². The van der Waals surface area contributed by atoms with Crippen LogP contribution in [-0.2, 0) is 11.2 Å². The molecule has 0 saturated heterocycles. The van der Waals surface area contributed by atoms with Crippen molar-refractivity contribution >= 4 is 50.6 Å². The number of nitrogens with one attached hydrogen (secondary N) is 2. The Labute approximate surface area is 207 Å². The van der Waals surface area contributed by atoms with Gasteiger partial charge in [-0.25, -0.2) is 4.98 Å². The third-order valence-corrected chi connectivity index (χ3v) is 7.46. The number of amides is 1. The molecule has 8 heteroatoms. The number of hydrogen-bond acceptors (Lipinski definition) is 7. The SMILES string of the molecule is COc1ccc(CCNC(=O)CSc2nc3ccc(Nc4ccccc4C)cc3s2)cc1OC. The van der Waals surface area contributed by atoms with Gasteiger partial charge in [-0.3, -0.25) is 4.79 Å². The zero-order chi connectivity index (χ0) is 23.9. The third-order valence-electron chi connectivity index (χ3n) is 5.30. The molecule has 1 heterocycles. The van der Waals surface area contributed by atoms with Crippen molar-refractivity contribution in [3.05, 3.63) is 71.8 Å². The predicted octanol–water partition coefficient (Wildman–Crippen LogP) is 5.82. The molecule has 1 aromatic heterocycles. The van der Waals surface area contributed by atoms with E-state index in [0.717, 1.165) is 31.5 Å². The van der Waals surface area contributed by atoms with Crippen LogP contribution in [-0.4, -0.2) is 37.4 Å². The van der Waals surface area contributed by atoms with E-state index in [2.05, 4.69) is 40.7 Å². The first-order valence-corrected chi connectivity index (χ1v) is 12.7. The topological polar surface area (TPSA) is 72.5 Å². The van der Waals surface area contributed by atoms with Gasteiger partial charge in [0.1, 0.15) is 0 Å². The first-order chi connectivity index (χ1) is 16.6. The second kappa shape index (κ2) is 11.3. The lowest BCUT2D eigenvalue weighted by Crippen LogP contribution is -2.27. The van der Waals surface area contributed by atoms with Gasteiger partial charge in [-0.2, -0.15) is 0 Å². The molecule has 1 amide bonds. The highest BCUT2D eigenvalue weighted by molar-refractivity contribution is 8.01. The van der Waals surface area contributed by atoms with Gasteiger partial charge in [0.2, 0.25) is 5.91 Å². The fourth-order valence-electron chi connectivity index (χ4n) is 3.47. The van der Waals surface area contributed by atoms with Crippen molar-refractivity contribution in [3.8, 4) is 11.5 Å². The first-order valence-electron chi connectivity index (χ1n) is 10.9. The summed E-state index contributed by atoms with van der Waals surface area (Å²) in [7, 11) is 3.23. The molecule has 0 fully saturated rings. The second-order valence-electron chi connectivity index (χ2n) is 7.68. The van der Waals surface area contributed by atoms with Gasteiger partial charge in [-0.1, -0.05) is 36.0 Å².